The van der Waals surface area contributed by atoms with Gasteiger partial charge in [-0.05, 0) is 28.9 Å². The first kappa shape index (κ1) is 10.8. The van der Waals surface area contributed by atoms with Gasteiger partial charge in [0.05, 0.1) is 6.61 Å². The van der Waals surface area contributed by atoms with Crippen LogP contribution < -0.4 is 10.1 Å². The van der Waals surface area contributed by atoms with E-state index in [0.29, 0.717) is 18.3 Å². The lowest BCUT2D eigenvalue weighted by molar-refractivity contribution is -0.389. The fraction of sp³-hybridized carbons (Fsp3) is 0.500. The molecule has 6 heteroatoms. The van der Waals surface area contributed by atoms with E-state index < -0.39 is 4.92 Å². The SMILES string of the molecule is O=[N+]([O-])c1ccc(OCC2CCNC2)cn1. The minimum Gasteiger partial charge on any atom is -0.489 e. The quantitative estimate of drug-likeness (QED) is 0.608. The molecule has 1 aromatic heterocycles. The van der Waals surface area contributed by atoms with Crippen LogP contribution in [-0.4, -0.2) is 29.6 Å². The highest BCUT2D eigenvalue weighted by Crippen LogP contribution is 2.15. The van der Waals surface area contributed by atoms with Crippen molar-refractivity contribution in [1.29, 1.82) is 0 Å². The normalized spacial score (nSPS) is 19.6. The van der Waals surface area contributed by atoms with Gasteiger partial charge in [0.2, 0.25) is 0 Å². The minimum absolute atomic E-state index is 0.158. The summed E-state index contributed by atoms with van der Waals surface area (Å²) in [5, 5.41) is 13.6. The third-order valence-corrected chi connectivity index (χ3v) is 2.56. The maximum atomic E-state index is 10.4. The van der Waals surface area contributed by atoms with Gasteiger partial charge in [0, 0.05) is 18.5 Å². The van der Waals surface area contributed by atoms with Gasteiger partial charge in [-0.3, -0.25) is 0 Å². The molecule has 1 saturated heterocycles. The topological polar surface area (TPSA) is 77.3 Å². The zero-order chi connectivity index (χ0) is 11.4. The maximum absolute atomic E-state index is 10.4. The summed E-state index contributed by atoms with van der Waals surface area (Å²) >= 11 is 0. The number of nitrogens with zero attached hydrogens (tertiary/aromatic N) is 2. The second-order valence-electron chi connectivity index (χ2n) is 3.78. The highest BCUT2D eigenvalue weighted by molar-refractivity contribution is 5.26. The number of nitro groups is 1. The fourth-order valence-corrected chi connectivity index (χ4v) is 1.64. The summed E-state index contributed by atoms with van der Waals surface area (Å²) < 4.78 is 5.50. The molecule has 0 saturated carbocycles. The first-order valence-corrected chi connectivity index (χ1v) is 5.19. The van der Waals surface area contributed by atoms with Crippen molar-refractivity contribution in [3.63, 3.8) is 0 Å². The van der Waals surface area contributed by atoms with E-state index in [0.717, 1.165) is 19.5 Å². The number of ether oxygens (including phenoxy) is 1. The van der Waals surface area contributed by atoms with Crippen LogP contribution in [0.1, 0.15) is 6.42 Å². The second kappa shape index (κ2) is 4.89. The summed E-state index contributed by atoms with van der Waals surface area (Å²) in [6, 6.07) is 2.93. The molecular formula is C10H13N3O3. The van der Waals surface area contributed by atoms with E-state index in [4.69, 9.17) is 4.74 Å². The van der Waals surface area contributed by atoms with Gasteiger partial charge in [-0.15, -0.1) is 0 Å². The molecular weight excluding hydrogens is 210 g/mol. The lowest BCUT2D eigenvalue weighted by Crippen LogP contribution is -2.15. The first-order chi connectivity index (χ1) is 7.75. The molecule has 2 heterocycles. The second-order valence-corrected chi connectivity index (χ2v) is 3.78. The van der Waals surface area contributed by atoms with Crippen molar-refractivity contribution >= 4 is 5.82 Å². The Morgan fingerprint density at radius 2 is 2.50 bits per heavy atom. The highest BCUT2D eigenvalue weighted by atomic mass is 16.6. The number of pyridine rings is 1. The molecule has 1 aliphatic heterocycles. The van der Waals surface area contributed by atoms with Crippen molar-refractivity contribution in [2.75, 3.05) is 19.7 Å². The number of aromatic nitrogens is 1. The summed E-state index contributed by atoms with van der Waals surface area (Å²) in [5.74, 6) is 0.947. The number of nitrogens with one attached hydrogen (secondary N) is 1. The molecule has 1 aliphatic rings. The summed E-state index contributed by atoms with van der Waals surface area (Å²) in [6.45, 7) is 2.64. The van der Waals surface area contributed by atoms with Crippen molar-refractivity contribution < 1.29 is 9.66 Å². The van der Waals surface area contributed by atoms with E-state index in [2.05, 4.69) is 10.3 Å². The summed E-state index contributed by atoms with van der Waals surface area (Å²) in [4.78, 5) is 13.5. The van der Waals surface area contributed by atoms with Crippen molar-refractivity contribution in [3.05, 3.63) is 28.4 Å². The molecule has 1 N–H and O–H groups in total. The van der Waals surface area contributed by atoms with Crippen molar-refractivity contribution in [2.24, 2.45) is 5.92 Å². The third kappa shape index (κ3) is 2.66. The van der Waals surface area contributed by atoms with Gasteiger partial charge in [0.25, 0.3) is 0 Å². The minimum atomic E-state index is -0.523. The van der Waals surface area contributed by atoms with Crippen LogP contribution in [0.4, 0.5) is 5.82 Å². The molecule has 1 unspecified atom stereocenters. The first-order valence-electron chi connectivity index (χ1n) is 5.19. The van der Waals surface area contributed by atoms with Crippen LogP contribution in [0.5, 0.6) is 5.75 Å². The van der Waals surface area contributed by atoms with Crippen LogP contribution >= 0.6 is 0 Å². The van der Waals surface area contributed by atoms with E-state index in [9.17, 15) is 10.1 Å². The van der Waals surface area contributed by atoms with Crippen molar-refractivity contribution in [1.82, 2.24) is 10.3 Å². The van der Waals surface area contributed by atoms with Gasteiger partial charge in [-0.1, -0.05) is 0 Å². The standard InChI is InChI=1S/C10H13N3O3/c14-13(15)10-2-1-9(6-12-10)16-7-8-3-4-11-5-8/h1-2,6,8,11H,3-5,7H2. The molecule has 0 spiro atoms. The summed E-state index contributed by atoms with van der Waals surface area (Å²) in [5.41, 5.74) is 0. The molecule has 0 aliphatic carbocycles. The van der Waals surface area contributed by atoms with Crippen molar-refractivity contribution in [2.45, 2.75) is 6.42 Å². The van der Waals surface area contributed by atoms with E-state index in [1.165, 1.54) is 12.3 Å². The van der Waals surface area contributed by atoms with E-state index >= 15 is 0 Å². The Labute approximate surface area is 92.8 Å². The van der Waals surface area contributed by atoms with E-state index in [1.807, 2.05) is 0 Å². The lowest BCUT2D eigenvalue weighted by Gasteiger charge is -2.09. The Morgan fingerprint density at radius 1 is 1.62 bits per heavy atom. The Balaban J connectivity index is 1.87. The zero-order valence-electron chi connectivity index (χ0n) is 8.76. The Kier molecular flexibility index (Phi) is 3.31. The van der Waals surface area contributed by atoms with E-state index in [1.54, 1.807) is 6.07 Å². The molecule has 1 fully saturated rings. The fourth-order valence-electron chi connectivity index (χ4n) is 1.64. The average Bonchev–Trinajstić information content (AvgIpc) is 2.80. The largest absolute Gasteiger partial charge is 0.489 e. The molecule has 0 bridgehead atoms. The highest BCUT2D eigenvalue weighted by Gasteiger charge is 2.15. The Hall–Kier alpha value is -1.69. The lowest BCUT2D eigenvalue weighted by atomic mass is 10.1. The van der Waals surface area contributed by atoms with Gasteiger partial charge in [-0.25, -0.2) is 0 Å². The molecule has 16 heavy (non-hydrogen) atoms. The average molecular weight is 223 g/mol. The summed E-state index contributed by atoms with van der Waals surface area (Å²) in [7, 11) is 0. The summed E-state index contributed by atoms with van der Waals surface area (Å²) in [6.07, 6.45) is 2.50. The molecule has 6 nitrogen and oxygen atoms in total. The van der Waals surface area contributed by atoms with Crippen LogP contribution in [0.15, 0.2) is 18.3 Å². The van der Waals surface area contributed by atoms with Gasteiger partial charge < -0.3 is 20.2 Å². The zero-order valence-corrected chi connectivity index (χ0v) is 8.76. The van der Waals surface area contributed by atoms with Crippen LogP contribution in [-0.2, 0) is 0 Å². The predicted octanol–water partition coefficient (Wildman–Crippen LogP) is 0.978. The third-order valence-electron chi connectivity index (χ3n) is 2.56. The van der Waals surface area contributed by atoms with Gasteiger partial charge in [-0.2, -0.15) is 0 Å². The van der Waals surface area contributed by atoms with Crippen LogP contribution in [0.2, 0.25) is 0 Å². The van der Waals surface area contributed by atoms with Crippen LogP contribution in [0.3, 0.4) is 0 Å². The van der Waals surface area contributed by atoms with Gasteiger partial charge in [0.1, 0.15) is 0 Å². The molecule has 0 radical (unpaired) electrons. The molecule has 0 aromatic carbocycles. The van der Waals surface area contributed by atoms with Gasteiger partial charge in [0.15, 0.2) is 11.9 Å². The van der Waals surface area contributed by atoms with Crippen molar-refractivity contribution in [3.8, 4) is 5.75 Å². The number of hydrogen-bond donors (Lipinski definition) is 1. The predicted molar refractivity (Wildman–Crippen MR) is 57.4 cm³/mol. The van der Waals surface area contributed by atoms with Gasteiger partial charge >= 0.3 is 5.82 Å². The molecule has 2 rings (SSSR count). The Bertz CT molecular complexity index is 360. The van der Waals surface area contributed by atoms with Crippen LogP contribution in [0.25, 0.3) is 0 Å². The number of hydrogen-bond acceptors (Lipinski definition) is 5. The van der Waals surface area contributed by atoms with Crippen LogP contribution in [0, 0.1) is 16.0 Å². The smallest absolute Gasteiger partial charge is 0.363 e. The molecule has 1 atom stereocenters. The molecule has 0 amide bonds. The molecule has 1 aromatic rings. The Morgan fingerprint density at radius 3 is 3.06 bits per heavy atom. The maximum Gasteiger partial charge on any atom is 0.363 e. The monoisotopic (exact) mass is 223 g/mol. The number of rotatable bonds is 4. The van der Waals surface area contributed by atoms with E-state index in [-0.39, 0.29) is 5.82 Å². The molecule has 86 valence electrons.